The largest absolute Gasteiger partial charge is 0.548 e. The van der Waals surface area contributed by atoms with E-state index in [4.69, 9.17) is 8.83 Å². The first-order valence-corrected chi connectivity index (χ1v) is 10.4. The highest BCUT2D eigenvalue weighted by molar-refractivity contribution is 5.97. The Labute approximate surface area is 180 Å². The Morgan fingerprint density at radius 1 is 1.16 bits per heavy atom. The molecule has 1 aromatic carbocycles. The molecular weight excluding hydrogens is 398 g/mol. The maximum absolute atomic E-state index is 12.6. The number of aryl methyl sites for hydroxylation is 1. The number of carbonyl (C=O) groups is 2. The molecular formula is C24H28NO6-. The second kappa shape index (κ2) is 8.21. The Kier molecular flexibility index (Phi) is 5.98. The highest BCUT2D eigenvalue weighted by atomic mass is 16.4. The number of carboxylic acids is 1. The number of furan rings is 1. The maximum Gasteiger partial charge on any atom is 0.340 e. The molecule has 0 unspecified atom stereocenters. The van der Waals surface area contributed by atoms with Crippen molar-refractivity contribution >= 4 is 33.8 Å². The van der Waals surface area contributed by atoms with Gasteiger partial charge in [0.25, 0.3) is 0 Å². The zero-order valence-corrected chi connectivity index (χ0v) is 18.8. The molecule has 0 spiro atoms. The smallest absolute Gasteiger partial charge is 0.340 e. The molecule has 0 aliphatic carbocycles. The van der Waals surface area contributed by atoms with Crippen molar-refractivity contribution in [3.05, 3.63) is 45.5 Å². The van der Waals surface area contributed by atoms with Crippen molar-refractivity contribution in [2.24, 2.45) is 5.92 Å². The summed E-state index contributed by atoms with van der Waals surface area (Å²) in [6.45, 7) is 11.6. The van der Waals surface area contributed by atoms with E-state index in [-0.39, 0.29) is 23.3 Å². The monoisotopic (exact) mass is 426 g/mol. The number of aliphatic carboxylic acids is 1. The minimum Gasteiger partial charge on any atom is -0.548 e. The van der Waals surface area contributed by atoms with Crippen LogP contribution >= 0.6 is 0 Å². The third kappa shape index (κ3) is 4.36. The van der Waals surface area contributed by atoms with Crippen molar-refractivity contribution in [1.82, 2.24) is 5.32 Å². The third-order valence-electron chi connectivity index (χ3n) is 5.91. The molecule has 7 nitrogen and oxygen atoms in total. The number of hydrogen-bond acceptors (Lipinski definition) is 6. The Morgan fingerprint density at radius 2 is 1.84 bits per heavy atom. The normalized spacial score (nSPS) is 14.0. The first kappa shape index (κ1) is 22.6. The van der Waals surface area contributed by atoms with E-state index in [1.807, 2.05) is 13.0 Å². The molecule has 31 heavy (non-hydrogen) atoms. The fourth-order valence-corrected chi connectivity index (χ4v) is 3.75. The van der Waals surface area contributed by atoms with E-state index in [0.717, 1.165) is 10.9 Å². The van der Waals surface area contributed by atoms with Crippen LogP contribution in [0, 0.1) is 12.8 Å². The molecule has 0 aliphatic heterocycles. The van der Waals surface area contributed by atoms with Gasteiger partial charge in [-0.25, -0.2) is 4.79 Å². The van der Waals surface area contributed by atoms with Crippen LogP contribution in [0.15, 0.2) is 32.0 Å². The van der Waals surface area contributed by atoms with Gasteiger partial charge in [0, 0.05) is 22.4 Å². The van der Waals surface area contributed by atoms with Crippen LogP contribution in [0.4, 0.5) is 0 Å². The zero-order valence-electron chi connectivity index (χ0n) is 18.8. The molecule has 7 heteroatoms. The third-order valence-corrected chi connectivity index (χ3v) is 5.91. The Bertz CT molecular complexity index is 1210. The van der Waals surface area contributed by atoms with Crippen LogP contribution in [0.25, 0.3) is 21.9 Å². The molecule has 0 bridgehead atoms. The van der Waals surface area contributed by atoms with Crippen LogP contribution in [0.3, 0.4) is 0 Å². The van der Waals surface area contributed by atoms with Gasteiger partial charge >= 0.3 is 5.63 Å². The van der Waals surface area contributed by atoms with Crippen LogP contribution in [-0.4, -0.2) is 17.9 Å². The van der Waals surface area contributed by atoms with Crippen LogP contribution in [-0.2, 0) is 21.4 Å². The summed E-state index contributed by atoms with van der Waals surface area (Å²) in [7, 11) is 0. The van der Waals surface area contributed by atoms with Gasteiger partial charge in [-0.15, -0.1) is 0 Å². The number of carbonyl (C=O) groups excluding carboxylic acids is 2. The number of hydrogen-bond donors (Lipinski definition) is 1. The van der Waals surface area contributed by atoms with Crippen molar-refractivity contribution in [3.8, 4) is 0 Å². The lowest BCUT2D eigenvalue weighted by atomic mass is 9.86. The average Bonchev–Trinajstić information content (AvgIpc) is 3.10. The molecule has 0 saturated carbocycles. The van der Waals surface area contributed by atoms with Crippen LogP contribution < -0.4 is 16.0 Å². The molecule has 0 aliphatic rings. The lowest BCUT2D eigenvalue weighted by Crippen LogP contribution is -2.51. The molecule has 2 heterocycles. The maximum atomic E-state index is 12.6. The van der Waals surface area contributed by atoms with Gasteiger partial charge in [-0.05, 0) is 29.9 Å². The summed E-state index contributed by atoms with van der Waals surface area (Å²) in [4.78, 5) is 36.5. The van der Waals surface area contributed by atoms with Gasteiger partial charge in [0.1, 0.15) is 11.2 Å². The van der Waals surface area contributed by atoms with Crippen molar-refractivity contribution in [1.29, 1.82) is 0 Å². The van der Waals surface area contributed by atoms with Crippen LogP contribution in [0.2, 0.25) is 0 Å². The number of rotatable bonds is 6. The highest BCUT2D eigenvalue weighted by Crippen LogP contribution is 2.35. The van der Waals surface area contributed by atoms with Gasteiger partial charge in [-0.1, -0.05) is 41.0 Å². The van der Waals surface area contributed by atoms with E-state index in [0.29, 0.717) is 28.5 Å². The van der Waals surface area contributed by atoms with Gasteiger partial charge in [0.15, 0.2) is 0 Å². The Balaban J connectivity index is 2.03. The van der Waals surface area contributed by atoms with E-state index in [1.165, 1.54) is 0 Å². The van der Waals surface area contributed by atoms with Crippen LogP contribution in [0.5, 0.6) is 0 Å². The lowest BCUT2D eigenvalue weighted by Gasteiger charge is -2.25. The predicted molar refractivity (Wildman–Crippen MR) is 116 cm³/mol. The average molecular weight is 426 g/mol. The van der Waals surface area contributed by atoms with Crippen molar-refractivity contribution in [2.75, 3.05) is 0 Å². The minimum absolute atomic E-state index is 0.138. The molecule has 2 atom stereocenters. The Morgan fingerprint density at radius 3 is 2.42 bits per heavy atom. The van der Waals surface area contributed by atoms with Crippen molar-refractivity contribution in [2.45, 2.75) is 65.8 Å². The summed E-state index contributed by atoms with van der Waals surface area (Å²) in [6, 6.07) is 2.48. The van der Waals surface area contributed by atoms with E-state index in [9.17, 15) is 19.5 Å². The van der Waals surface area contributed by atoms with Gasteiger partial charge in [-0.3, -0.25) is 4.79 Å². The van der Waals surface area contributed by atoms with Crippen LogP contribution in [0.1, 0.15) is 57.7 Å². The number of carboxylic acid groups (broad SMARTS) is 1. The first-order chi connectivity index (χ1) is 14.4. The fraction of sp³-hybridized carbons (Fsp3) is 0.458. The molecule has 0 saturated heterocycles. The number of nitrogens with one attached hydrogen (secondary N) is 1. The molecule has 166 valence electrons. The molecule has 0 radical (unpaired) electrons. The van der Waals surface area contributed by atoms with Crippen molar-refractivity contribution < 1.29 is 23.5 Å². The van der Waals surface area contributed by atoms with Gasteiger partial charge in [0.2, 0.25) is 5.91 Å². The summed E-state index contributed by atoms with van der Waals surface area (Å²) in [5, 5.41) is 15.5. The minimum atomic E-state index is -1.35. The molecule has 2 aromatic heterocycles. The molecule has 3 rings (SSSR count). The molecule has 1 N–H and O–H groups in total. The lowest BCUT2D eigenvalue weighted by molar-refractivity contribution is -0.309. The summed E-state index contributed by atoms with van der Waals surface area (Å²) >= 11 is 0. The second-order valence-electron chi connectivity index (χ2n) is 9.16. The number of amides is 1. The SMILES string of the molecule is CC[C@@H](C)[C@H](NC(=O)Cc1c(C)c2cc3c(C(C)(C)C)coc3cc2oc1=O)C(=O)[O-]. The summed E-state index contributed by atoms with van der Waals surface area (Å²) in [5.74, 6) is -2.21. The fourth-order valence-electron chi connectivity index (χ4n) is 3.75. The van der Waals surface area contributed by atoms with Gasteiger partial charge in [-0.2, -0.15) is 0 Å². The first-order valence-electron chi connectivity index (χ1n) is 10.4. The highest BCUT2D eigenvalue weighted by Gasteiger charge is 2.24. The quantitative estimate of drug-likeness (QED) is 0.607. The standard InChI is InChI=1S/C24H29NO6/c1-7-12(2)21(22(27)28)25-20(26)9-15-13(3)14-8-16-17(24(4,5)6)11-30-18(16)10-19(14)31-23(15)29/h8,10-12,21H,7,9H2,1-6H3,(H,25,26)(H,27,28)/p-1/t12-,21+/m1/s1. The van der Waals surface area contributed by atoms with E-state index >= 15 is 0 Å². The van der Waals surface area contributed by atoms with Crippen molar-refractivity contribution in [3.63, 3.8) is 0 Å². The Hall–Kier alpha value is -3.09. The summed E-state index contributed by atoms with van der Waals surface area (Å²) in [6.07, 6.45) is 1.99. The number of benzene rings is 1. The van der Waals surface area contributed by atoms with E-state index < -0.39 is 23.5 Å². The zero-order chi connectivity index (χ0) is 23.1. The van der Waals surface area contributed by atoms with E-state index in [2.05, 4.69) is 26.1 Å². The van der Waals surface area contributed by atoms with Gasteiger partial charge < -0.3 is 24.1 Å². The molecule has 3 aromatic rings. The van der Waals surface area contributed by atoms with Gasteiger partial charge in [0.05, 0.1) is 30.3 Å². The topological polar surface area (TPSA) is 113 Å². The number of fused-ring (bicyclic) bond motifs is 2. The summed E-state index contributed by atoms with van der Waals surface area (Å²) < 4.78 is 11.1. The molecule has 1 amide bonds. The molecule has 0 fully saturated rings. The van der Waals surface area contributed by atoms with E-state index in [1.54, 1.807) is 26.2 Å². The second-order valence-corrected chi connectivity index (χ2v) is 9.16. The summed E-state index contributed by atoms with van der Waals surface area (Å²) in [5.41, 5.74) is 2.08. The predicted octanol–water partition coefficient (Wildman–Crippen LogP) is 2.97.